The molecule has 28 heavy (non-hydrogen) atoms. The number of aromatic hydroxyl groups is 2. The van der Waals surface area contributed by atoms with E-state index in [4.69, 9.17) is 9.84 Å². The molecule has 0 aliphatic carbocycles. The Kier molecular flexibility index (Phi) is 3.98. The van der Waals surface area contributed by atoms with E-state index >= 15 is 0 Å². The maximum Gasteiger partial charge on any atom is 0.213 e. The summed E-state index contributed by atoms with van der Waals surface area (Å²) in [6, 6.07) is 14.3. The van der Waals surface area contributed by atoms with Crippen LogP contribution in [0.1, 0.15) is 35.4 Å². The first-order valence-corrected chi connectivity index (χ1v) is 9.63. The number of hydrazone groups is 1. The molecule has 0 bridgehead atoms. The van der Waals surface area contributed by atoms with Crippen LogP contribution in [-0.4, -0.2) is 25.9 Å². The molecule has 2 unspecified atom stereocenters. The fourth-order valence-corrected chi connectivity index (χ4v) is 4.11. The van der Waals surface area contributed by atoms with Crippen molar-refractivity contribution in [1.82, 2.24) is 9.99 Å². The Bertz CT molecular complexity index is 1090. The third-order valence-electron chi connectivity index (χ3n) is 5.04. The number of hydrogen-bond acceptors (Lipinski definition) is 6. The van der Waals surface area contributed by atoms with Gasteiger partial charge in [-0.1, -0.05) is 15.9 Å². The lowest BCUT2D eigenvalue weighted by Crippen LogP contribution is -2.33. The van der Waals surface area contributed by atoms with Crippen LogP contribution in [0.15, 0.2) is 70.5 Å². The lowest BCUT2D eigenvalue weighted by Gasteiger charge is -2.38. The molecule has 2 atom stereocenters. The van der Waals surface area contributed by atoms with Crippen LogP contribution < -0.4 is 4.74 Å². The lowest BCUT2D eigenvalue weighted by molar-refractivity contribution is -0.0191. The van der Waals surface area contributed by atoms with Crippen molar-refractivity contribution < 1.29 is 14.9 Å². The van der Waals surface area contributed by atoms with Crippen molar-refractivity contribution in [2.24, 2.45) is 5.10 Å². The molecule has 6 nitrogen and oxygen atoms in total. The Hall–Kier alpha value is -3.06. The summed E-state index contributed by atoms with van der Waals surface area (Å²) >= 11 is 3.54. The molecule has 1 aromatic heterocycles. The molecule has 0 radical (unpaired) electrons. The number of phenols is 2. The maximum absolute atomic E-state index is 10.3. The van der Waals surface area contributed by atoms with E-state index in [1.54, 1.807) is 24.5 Å². The van der Waals surface area contributed by atoms with Crippen molar-refractivity contribution >= 4 is 21.6 Å². The molecule has 7 heteroatoms. The van der Waals surface area contributed by atoms with Crippen LogP contribution in [0.4, 0.5) is 0 Å². The molecular formula is C21H16BrN3O3. The van der Waals surface area contributed by atoms with Gasteiger partial charge >= 0.3 is 0 Å². The second-order valence-electron chi connectivity index (χ2n) is 6.78. The molecule has 0 amide bonds. The van der Waals surface area contributed by atoms with E-state index in [1.807, 2.05) is 35.3 Å². The first-order valence-electron chi connectivity index (χ1n) is 8.84. The van der Waals surface area contributed by atoms with Gasteiger partial charge in [0, 0.05) is 46.0 Å². The lowest BCUT2D eigenvalue weighted by atomic mass is 9.95. The van der Waals surface area contributed by atoms with Crippen LogP contribution in [0.25, 0.3) is 0 Å². The van der Waals surface area contributed by atoms with Gasteiger partial charge in [-0.25, -0.2) is 5.01 Å². The van der Waals surface area contributed by atoms with Gasteiger partial charge < -0.3 is 14.9 Å². The summed E-state index contributed by atoms with van der Waals surface area (Å²) in [6.45, 7) is 0. The number of hydrogen-bond donors (Lipinski definition) is 2. The van der Waals surface area contributed by atoms with Gasteiger partial charge in [0.25, 0.3) is 0 Å². The third-order valence-corrected chi connectivity index (χ3v) is 5.53. The summed E-state index contributed by atoms with van der Waals surface area (Å²) in [4.78, 5) is 4.09. The third kappa shape index (κ3) is 2.79. The second kappa shape index (κ2) is 6.53. The average Bonchev–Trinajstić information content (AvgIpc) is 3.13. The number of ether oxygens (including phenoxy) is 1. The van der Waals surface area contributed by atoms with E-state index in [9.17, 15) is 10.2 Å². The number of rotatable bonds is 2. The maximum atomic E-state index is 10.3. The van der Waals surface area contributed by atoms with Crippen LogP contribution >= 0.6 is 15.9 Å². The largest absolute Gasteiger partial charge is 0.508 e. The Labute approximate surface area is 169 Å². The Morgan fingerprint density at radius 1 is 1.04 bits per heavy atom. The standard InChI is InChI=1S/C21H16BrN3O3/c22-13-1-4-20-16(9-13)18-11-17(15-3-2-14(26)10-19(15)27)24-25(18)21(28-20)12-5-7-23-8-6-12/h1-10,18,21,26-27H,11H2. The van der Waals surface area contributed by atoms with E-state index < -0.39 is 6.23 Å². The highest BCUT2D eigenvalue weighted by atomic mass is 79.9. The fourth-order valence-electron chi connectivity index (χ4n) is 3.73. The molecule has 2 aromatic carbocycles. The summed E-state index contributed by atoms with van der Waals surface area (Å²) in [5.41, 5.74) is 3.35. The molecule has 0 fully saturated rings. The van der Waals surface area contributed by atoms with Crippen LogP contribution in [0.5, 0.6) is 17.2 Å². The molecular weight excluding hydrogens is 422 g/mol. The van der Waals surface area contributed by atoms with Crippen LogP contribution in [0, 0.1) is 0 Å². The molecule has 0 saturated carbocycles. The summed E-state index contributed by atoms with van der Waals surface area (Å²) in [5.74, 6) is 0.844. The van der Waals surface area contributed by atoms with Gasteiger partial charge in [0.05, 0.1) is 11.8 Å². The monoisotopic (exact) mass is 437 g/mol. The highest BCUT2D eigenvalue weighted by Gasteiger charge is 2.41. The quantitative estimate of drug-likeness (QED) is 0.616. The fraction of sp³-hybridized carbons (Fsp3) is 0.143. The number of aromatic nitrogens is 1. The van der Waals surface area contributed by atoms with Gasteiger partial charge in [-0.15, -0.1) is 0 Å². The minimum Gasteiger partial charge on any atom is -0.508 e. The van der Waals surface area contributed by atoms with E-state index in [2.05, 4.69) is 20.9 Å². The van der Waals surface area contributed by atoms with Gasteiger partial charge in [-0.05, 0) is 42.5 Å². The van der Waals surface area contributed by atoms with Crippen molar-refractivity contribution in [2.75, 3.05) is 0 Å². The molecule has 0 spiro atoms. The Morgan fingerprint density at radius 2 is 1.86 bits per heavy atom. The highest BCUT2D eigenvalue weighted by molar-refractivity contribution is 9.10. The zero-order valence-electron chi connectivity index (χ0n) is 14.7. The molecule has 5 rings (SSSR count). The minimum atomic E-state index is -0.390. The number of benzene rings is 2. The number of nitrogens with zero attached hydrogens (tertiary/aromatic N) is 3. The molecule has 140 valence electrons. The average molecular weight is 438 g/mol. The summed E-state index contributed by atoms with van der Waals surface area (Å²) in [6.07, 6.45) is 3.69. The van der Waals surface area contributed by atoms with Crippen LogP contribution in [-0.2, 0) is 0 Å². The SMILES string of the molecule is Oc1ccc(C2=NN3C(C2)c2cc(Br)ccc2OC3c2ccncc2)c(O)c1. The zero-order valence-corrected chi connectivity index (χ0v) is 16.2. The summed E-state index contributed by atoms with van der Waals surface area (Å²) < 4.78 is 7.26. The number of halogens is 1. The van der Waals surface area contributed by atoms with Crippen LogP contribution in [0.3, 0.4) is 0 Å². The Balaban J connectivity index is 1.62. The van der Waals surface area contributed by atoms with Crippen molar-refractivity contribution in [3.63, 3.8) is 0 Å². The number of pyridine rings is 1. The van der Waals surface area contributed by atoms with E-state index in [0.717, 1.165) is 27.1 Å². The van der Waals surface area contributed by atoms with Gasteiger partial charge in [0.2, 0.25) is 6.23 Å². The van der Waals surface area contributed by atoms with Gasteiger partial charge in [-0.2, -0.15) is 5.10 Å². The minimum absolute atomic E-state index is 0.00874. The molecule has 3 aromatic rings. The topological polar surface area (TPSA) is 78.2 Å². The number of fused-ring (bicyclic) bond motifs is 3. The van der Waals surface area contributed by atoms with E-state index in [0.29, 0.717) is 12.0 Å². The van der Waals surface area contributed by atoms with Crippen molar-refractivity contribution in [3.05, 3.63) is 82.1 Å². The van der Waals surface area contributed by atoms with Gasteiger partial charge in [0.1, 0.15) is 17.2 Å². The molecule has 2 N–H and O–H groups in total. The van der Waals surface area contributed by atoms with Crippen molar-refractivity contribution in [2.45, 2.75) is 18.7 Å². The van der Waals surface area contributed by atoms with Crippen molar-refractivity contribution in [1.29, 1.82) is 0 Å². The smallest absolute Gasteiger partial charge is 0.213 e. The summed E-state index contributed by atoms with van der Waals surface area (Å²) in [5, 5.41) is 26.6. The highest BCUT2D eigenvalue weighted by Crippen LogP contribution is 2.48. The molecule has 0 saturated heterocycles. The first-order chi connectivity index (χ1) is 13.6. The number of phenolic OH excluding ortho intramolecular Hbond substituents is 2. The Morgan fingerprint density at radius 3 is 2.64 bits per heavy atom. The van der Waals surface area contributed by atoms with Crippen LogP contribution in [0.2, 0.25) is 0 Å². The zero-order chi connectivity index (χ0) is 19.3. The second-order valence-corrected chi connectivity index (χ2v) is 7.70. The predicted molar refractivity (Wildman–Crippen MR) is 107 cm³/mol. The van der Waals surface area contributed by atoms with Gasteiger partial charge in [0.15, 0.2) is 0 Å². The normalized spacial score (nSPS) is 20.2. The van der Waals surface area contributed by atoms with Crippen molar-refractivity contribution in [3.8, 4) is 17.2 Å². The molecule has 2 aliphatic heterocycles. The summed E-state index contributed by atoms with van der Waals surface area (Å²) in [7, 11) is 0. The van der Waals surface area contributed by atoms with E-state index in [1.165, 1.54) is 6.07 Å². The molecule has 2 aliphatic rings. The van der Waals surface area contributed by atoms with E-state index in [-0.39, 0.29) is 17.5 Å². The molecule has 3 heterocycles. The first kappa shape index (κ1) is 17.1. The van der Waals surface area contributed by atoms with Gasteiger partial charge in [-0.3, -0.25) is 4.98 Å². The predicted octanol–water partition coefficient (Wildman–Crippen LogP) is 4.50.